The average molecular weight is 148 g/mol. The molecule has 0 aliphatic heterocycles. The summed E-state index contributed by atoms with van der Waals surface area (Å²) in [7, 11) is 0. The van der Waals surface area contributed by atoms with Crippen LogP contribution in [0, 0.1) is 6.07 Å². The van der Waals surface area contributed by atoms with Gasteiger partial charge in [0.2, 0.25) is 0 Å². The van der Waals surface area contributed by atoms with Crippen LogP contribution in [-0.4, -0.2) is 0 Å². The molecule has 8 heavy (non-hydrogen) atoms. The maximum Gasteiger partial charge on any atom is 1.00 e. The molecule has 0 aliphatic rings. The van der Waals surface area contributed by atoms with Gasteiger partial charge in [-0.25, -0.2) is 0 Å². The van der Waals surface area contributed by atoms with Crippen molar-refractivity contribution in [2.75, 3.05) is 0 Å². The van der Waals surface area contributed by atoms with Gasteiger partial charge < -0.3 is 0 Å². The van der Waals surface area contributed by atoms with E-state index in [0.717, 1.165) is 0 Å². The monoisotopic (exact) mass is 147 g/mol. The van der Waals surface area contributed by atoms with Crippen molar-refractivity contribution in [3.63, 3.8) is 0 Å². The number of hydrogen-bond donors (Lipinski definition) is 0. The van der Waals surface area contributed by atoms with Crippen molar-refractivity contribution in [3.8, 4) is 0 Å². The molecule has 41 valence electrons. The Bertz CT molecular complexity index is 80.5. The Morgan fingerprint density at radius 1 is 0.875 bits per heavy atom. The van der Waals surface area contributed by atoms with Crippen LogP contribution in [0.3, 0.4) is 0 Å². The van der Waals surface area contributed by atoms with Crippen LogP contribution in [0.15, 0.2) is 30.3 Å². The van der Waals surface area contributed by atoms with E-state index in [9.17, 15) is 0 Å². The van der Waals surface area contributed by atoms with E-state index in [-0.39, 0.29) is 35.9 Å². The molecule has 0 unspecified atom stereocenters. The molecule has 0 spiro atoms. The van der Waals surface area contributed by atoms with Crippen LogP contribution < -0.4 is 18.9 Å². The number of benzene rings is 1. The molecular formula is C6H5CuLi. The first-order valence-corrected chi connectivity index (χ1v) is 1.91. The third-order valence-electron chi connectivity index (χ3n) is 0.607. The molecule has 0 bridgehead atoms. The minimum absolute atomic E-state index is 0. The van der Waals surface area contributed by atoms with Gasteiger partial charge in [-0.3, -0.25) is 0 Å². The van der Waals surface area contributed by atoms with Crippen molar-refractivity contribution in [1.29, 1.82) is 0 Å². The Kier molecular flexibility index (Phi) is 10.2. The van der Waals surface area contributed by atoms with E-state index in [2.05, 4.69) is 6.07 Å². The number of rotatable bonds is 0. The predicted octanol–water partition coefficient (Wildman–Crippen LogP) is -1.51. The van der Waals surface area contributed by atoms with Crippen molar-refractivity contribution in [2.45, 2.75) is 0 Å². The van der Waals surface area contributed by atoms with Crippen molar-refractivity contribution in [2.24, 2.45) is 0 Å². The van der Waals surface area contributed by atoms with E-state index in [1.54, 1.807) is 0 Å². The first-order valence-electron chi connectivity index (χ1n) is 1.91. The minimum Gasteiger partial charge on any atom is -0.184 e. The van der Waals surface area contributed by atoms with E-state index < -0.39 is 0 Å². The summed E-state index contributed by atoms with van der Waals surface area (Å²) in [5.74, 6) is 0. The van der Waals surface area contributed by atoms with Gasteiger partial charge in [0.1, 0.15) is 0 Å². The fourth-order valence-corrected chi connectivity index (χ4v) is 0.342. The van der Waals surface area contributed by atoms with Gasteiger partial charge in [-0.2, -0.15) is 36.4 Å². The second-order valence-electron chi connectivity index (χ2n) is 1.08. The summed E-state index contributed by atoms with van der Waals surface area (Å²) in [6.45, 7) is 0. The van der Waals surface area contributed by atoms with Gasteiger partial charge in [0.05, 0.1) is 0 Å². The zero-order valence-electron chi connectivity index (χ0n) is 4.69. The molecule has 1 radical (unpaired) electrons. The van der Waals surface area contributed by atoms with E-state index in [4.69, 9.17) is 0 Å². The number of hydrogen-bond acceptors (Lipinski definition) is 0. The average Bonchev–Trinajstić information content (AvgIpc) is 1.72. The molecule has 1 rings (SSSR count). The third kappa shape index (κ3) is 4.49. The van der Waals surface area contributed by atoms with Crippen LogP contribution >= 0.6 is 0 Å². The van der Waals surface area contributed by atoms with Crippen molar-refractivity contribution < 1.29 is 35.9 Å². The Morgan fingerprint density at radius 3 is 1.50 bits per heavy atom. The summed E-state index contributed by atoms with van der Waals surface area (Å²) >= 11 is 0. The maximum absolute atomic E-state index is 2.89. The molecular weight excluding hydrogens is 143 g/mol. The quantitative estimate of drug-likeness (QED) is 0.309. The van der Waals surface area contributed by atoms with Gasteiger partial charge in [-0.05, 0) is 0 Å². The molecule has 0 heterocycles. The zero-order valence-corrected chi connectivity index (χ0v) is 5.63. The van der Waals surface area contributed by atoms with Gasteiger partial charge >= 0.3 is 18.9 Å². The van der Waals surface area contributed by atoms with Crippen LogP contribution in [0.5, 0.6) is 0 Å². The molecule has 0 aromatic heterocycles. The van der Waals surface area contributed by atoms with Gasteiger partial charge in [0.25, 0.3) is 0 Å². The first kappa shape index (κ1) is 11.2. The molecule has 0 fully saturated rings. The predicted molar refractivity (Wildman–Crippen MR) is 25.3 cm³/mol. The minimum atomic E-state index is 0. The summed E-state index contributed by atoms with van der Waals surface area (Å²) in [4.78, 5) is 0. The molecule has 0 saturated heterocycles. The van der Waals surface area contributed by atoms with Crippen LogP contribution in [-0.2, 0) is 17.1 Å². The third-order valence-corrected chi connectivity index (χ3v) is 0.607. The topological polar surface area (TPSA) is 0 Å². The van der Waals surface area contributed by atoms with E-state index in [1.807, 2.05) is 30.3 Å². The second-order valence-corrected chi connectivity index (χ2v) is 1.08. The van der Waals surface area contributed by atoms with Gasteiger partial charge in [-0.1, -0.05) is 0 Å². The molecule has 0 atom stereocenters. The van der Waals surface area contributed by atoms with Gasteiger partial charge in [0, 0.05) is 17.1 Å². The standard InChI is InChI=1S/C6H5.Cu.Li/c1-2-4-6-5-3-1;;/h1-5H;;/q-1;;+1. The van der Waals surface area contributed by atoms with Crippen LogP contribution in [0.2, 0.25) is 0 Å². The van der Waals surface area contributed by atoms with E-state index in [1.165, 1.54) is 0 Å². The fourth-order valence-electron chi connectivity index (χ4n) is 0.342. The fraction of sp³-hybridized carbons (Fsp3) is 0. The van der Waals surface area contributed by atoms with Gasteiger partial charge in [0.15, 0.2) is 0 Å². The summed E-state index contributed by atoms with van der Waals surface area (Å²) in [6, 6.07) is 12.5. The maximum atomic E-state index is 2.89. The molecule has 1 aromatic rings. The molecule has 0 amide bonds. The summed E-state index contributed by atoms with van der Waals surface area (Å²) in [5.41, 5.74) is 0. The van der Waals surface area contributed by atoms with Crippen LogP contribution in [0.1, 0.15) is 0 Å². The van der Waals surface area contributed by atoms with Crippen LogP contribution in [0.25, 0.3) is 0 Å². The Hall–Kier alpha value is 0.337. The van der Waals surface area contributed by atoms with Crippen LogP contribution in [0.4, 0.5) is 0 Å². The SMILES string of the molecule is [Cu].[Li+].[c-]1ccccc1. The zero-order chi connectivity index (χ0) is 4.24. The Morgan fingerprint density at radius 2 is 1.38 bits per heavy atom. The largest absolute Gasteiger partial charge is 1.00 e. The first-order chi connectivity index (χ1) is 3.00. The summed E-state index contributed by atoms with van der Waals surface area (Å²) < 4.78 is 0. The molecule has 0 N–H and O–H groups in total. The molecule has 1 aromatic carbocycles. The van der Waals surface area contributed by atoms with Crippen molar-refractivity contribution in [1.82, 2.24) is 0 Å². The van der Waals surface area contributed by atoms with E-state index in [0.29, 0.717) is 0 Å². The van der Waals surface area contributed by atoms with Crippen molar-refractivity contribution in [3.05, 3.63) is 36.4 Å². The summed E-state index contributed by atoms with van der Waals surface area (Å²) in [5, 5.41) is 0. The summed E-state index contributed by atoms with van der Waals surface area (Å²) in [6.07, 6.45) is 0. The molecule has 0 aliphatic carbocycles. The second kappa shape index (κ2) is 7.34. The molecule has 0 saturated carbocycles. The van der Waals surface area contributed by atoms with Crippen molar-refractivity contribution >= 4 is 0 Å². The molecule has 2 heteroatoms. The molecule has 0 nitrogen and oxygen atoms in total. The smallest absolute Gasteiger partial charge is 0.184 e. The van der Waals surface area contributed by atoms with E-state index >= 15 is 0 Å². The van der Waals surface area contributed by atoms with Gasteiger partial charge in [-0.15, -0.1) is 0 Å². The Balaban J connectivity index is 0. The Labute approximate surface area is 72.3 Å². The normalized spacial score (nSPS) is 6.00.